The first-order valence-electron chi connectivity index (χ1n) is 13.2. The molecule has 1 aromatic rings. The number of Topliss-reactive ketones (excluding diaryl/α,β-unsaturated/α-hetero) is 2. The van der Waals surface area contributed by atoms with Crippen molar-refractivity contribution in [3.8, 4) is 5.75 Å². The molecule has 3 aliphatic carbocycles. The van der Waals surface area contributed by atoms with Gasteiger partial charge in [-0.2, -0.15) is 0 Å². The third-order valence-electron chi connectivity index (χ3n) is 8.28. The van der Waals surface area contributed by atoms with Gasteiger partial charge in [-0.3, -0.25) is 19.3 Å². The number of nitrogens with one attached hydrogen (secondary N) is 1. The Morgan fingerprint density at radius 3 is 2.41 bits per heavy atom. The van der Waals surface area contributed by atoms with E-state index in [1.807, 2.05) is 25.1 Å². The SMILES string of the molecule is CCCCNCc1cc(N(C)C)c2c(c1O)C(=O)C1=C(O)[C@]3(O)C(=O)C(C(N)=O)=C(O)[C@H](N(C)C)[C@@H]3C[C@@H]1C2. The largest absolute Gasteiger partial charge is 0.510 e. The number of aliphatic hydroxyl groups is 3. The first kappa shape index (κ1) is 28.6. The molecule has 0 fully saturated rings. The number of benzene rings is 1. The molecule has 11 heteroatoms. The summed E-state index contributed by atoms with van der Waals surface area (Å²) in [7, 11) is 6.88. The highest BCUT2D eigenvalue weighted by molar-refractivity contribution is 6.24. The average Bonchev–Trinajstić information content (AvgIpc) is 2.84. The van der Waals surface area contributed by atoms with Crippen LogP contribution >= 0.6 is 0 Å². The number of hydrogen-bond acceptors (Lipinski definition) is 10. The van der Waals surface area contributed by atoms with Gasteiger partial charge in [0.2, 0.25) is 5.78 Å². The summed E-state index contributed by atoms with van der Waals surface area (Å²) in [6.07, 6.45) is 2.26. The van der Waals surface area contributed by atoms with Crippen LogP contribution in [0.15, 0.2) is 28.7 Å². The minimum absolute atomic E-state index is 0.0225. The summed E-state index contributed by atoms with van der Waals surface area (Å²) in [5, 5.41) is 48.6. The zero-order valence-corrected chi connectivity index (χ0v) is 23.0. The summed E-state index contributed by atoms with van der Waals surface area (Å²) in [5.41, 5.74) is 3.64. The Hall–Kier alpha value is -3.41. The van der Waals surface area contributed by atoms with Gasteiger partial charge >= 0.3 is 0 Å². The number of phenols is 1. The fourth-order valence-electron chi connectivity index (χ4n) is 6.41. The van der Waals surface area contributed by atoms with Crippen molar-refractivity contribution in [2.45, 2.75) is 50.8 Å². The molecule has 1 amide bonds. The molecule has 0 heterocycles. The number of aliphatic hydroxyl groups excluding tert-OH is 2. The topological polar surface area (TPSA) is 177 Å². The first-order chi connectivity index (χ1) is 18.3. The van der Waals surface area contributed by atoms with Gasteiger partial charge in [0.05, 0.1) is 11.6 Å². The lowest BCUT2D eigenvalue weighted by Crippen LogP contribution is -2.63. The number of likely N-dealkylation sites (N-methyl/N-ethyl adjacent to an activating group) is 1. The lowest BCUT2D eigenvalue weighted by atomic mass is 9.58. The van der Waals surface area contributed by atoms with E-state index in [0.717, 1.165) is 25.1 Å². The van der Waals surface area contributed by atoms with Crippen LogP contribution in [-0.2, 0) is 22.6 Å². The lowest BCUT2D eigenvalue weighted by Gasteiger charge is -2.50. The van der Waals surface area contributed by atoms with E-state index in [9.17, 15) is 34.8 Å². The molecule has 0 saturated carbocycles. The van der Waals surface area contributed by atoms with E-state index in [0.29, 0.717) is 17.7 Å². The van der Waals surface area contributed by atoms with Crippen LogP contribution in [0.4, 0.5) is 5.69 Å². The molecule has 0 saturated heterocycles. The second-order valence-corrected chi connectivity index (χ2v) is 11.1. The van der Waals surface area contributed by atoms with Crippen molar-refractivity contribution < 1.29 is 34.8 Å². The number of nitrogens with zero attached hydrogens (tertiary/aromatic N) is 2. The van der Waals surface area contributed by atoms with Crippen molar-refractivity contribution in [2.24, 2.45) is 17.6 Å². The van der Waals surface area contributed by atoms with Crippen molar-refractivity contribution in [3.63, 3.8) is 0 Å². The van der Waals surface area contributed by atoms with E-state index < -0.39 is 58.0 Å². The quantitative estimate of drug-likeness (QED) is 0.206. The Bertz CT molecular complexity index is 1300. The number of carbonyl (C=O) groups is 3. The third kappa shape index (κ3) is 4.29. The number of hydrogen-bond donors (Lipinski definition) is 6. The highest BCUT2D eigenvalue weighted by Crippen LogP contribution is 2.53. The minimum Gasteiger partial charge on any atom is -0.510 e. The van der Waals surface area contributed by atoms with Gasteiger partial charge in [0.25, 0.3) is 5.91 Å². The molecule has 4 rings (SSSR count). The number of primary amides is 1. The van der Waals surface area contributed by atoms with Crippen LogP contribution in [0.25, 0.3) is 0 Å². The summed E-state index contributed by atoms with van der Waals surface area (Å²) in [6.45, 7) is 3.13. The number of phenolic OH excluding ortho intramolecular Hbond substituents is 1. The molecule has 212 valence electrons. The molecule has 0 aromatic heterocycles. The van der Waals surface area contributed by atoms with Gasteiger partial charge in [-0.1, -0.05) is 13.3 Å². The Labute approximate surface area is 227 Å². The Kier molecular flexibility index (Phi) is 7.54. The highest BCUT2D eigenvalue weighted by Gasteiger charge is 2.63. The first-order valence-corrected chi connectivity index (χ1v) is 13.2. The minimum atomic E-state index is -2.65. The maximum Gasteiger partial charge on any atom is 0.255 e. The van der Waals surface area contributed by atoms with Gasteiger partial charge in [-0.25, -0.2) is 0 Å². The molecule has 0 bridgehead atoms. The van der Waals surface area contributed by atoms with Gasteiger partial charge in [0.15, 0.2) is 11.4 Å². The number of rotatable bonds is 8. The molecule has 4 atom stereocenters. The van der Waals surface area contributed by atoms with Crippen molar-refractivity contribution in [3.05, 3.63) is 45.4 Å². The zero-order chi connectivity index (χ0) is 29.0. The van der Waals surface area contributed by atoms with Crippen LogP contribution in [0.2, 0.25) is 0 Å². The second-order valence-electron chi connectivity index (χ2n) is 11.1. The predicted octanol–water partition coefficient (Wildman–Crippen LogP) is 1.08. The van der Waals surface area contributed by atoms with E-state index in [1.165, 1.54) is 4.90 Å². The molecule has 7 N–H and O–H groups in total. The summed E-state index contributed by atoms with van der Waals surface area (Å²) in [4.78, 5) is 42.9. The van der Waals surface area contributed by atoms with Gasteiger partial charge in [-0.15, -0.1) is 0 Å². The van der Waals surface area contributed by atoms with Gasteiger partial charge < -0.3 is 36.4 Å². The van der Waals surface area contributed by atoms with E-state index >= 15 is 0 Å². The number of aromatic hydroxyl groups is 1. The average molecular weight is 543 g/mol. The molecule has 1 aromatic carbocycles. The number of amides is 1. The molecule has 11 nitrogen and oxygen atoms in total. The molecule has 0 radical (unpaired) electrons. The molecule has 0 spiro atoms. The van der Waals surface area contributed by atoms with E-state index in [4.69, 9.17) is 5.73 Å². The predicted molar refractivity (Wildman–Crippen MR) is 145 cm³/mol. The number of ketones is 2. The standard InChI is InChI=1S/C28H38N4O7/c1-6-7-8-30-12-14-11-17(31(2)3)15-9-13-10-16-21(32(4)5)24(35)20(27(29)38)26(37)28(16,39)25(36)18(13)23(34)19(15)22(14)33/h11,13,16,21,30,33,35-36,39H,6-10,12H2,1-5H3,(H2,29,38)/t13-,16-,21+,28-/m0/s1. The fourth-order valence-corrected chi connectivity index (χ4v) is 6.41. The van der Waals surface area contributed by atoms with Crippen LogP contribution in [-0.4, -0.2) is 89.2 Å². The summed E-state index contributed by atoms with van der Waals surface area (Å²) in [6, 6.07) is 0.822. The second kappa shape index (κ2) is 10.3. The van der Waals surface area contributed by atoms with Crippen molar-refractivity contribution in [1.82, 2.24) is 10.2 Å². The highest BCUT2D eigenvalue weighted by atomic mass is 16.3. The summed E-state index contributed by atoms with van der Waals surface area (Å²) < 4.78 is 0. The van der Waals surface area contributed by atoms with E-state index in [-0.39, 0.29) is 29.7 Å². The van der Waals surface area contributed by atoms with E-state index in [1.54, 1.807) is 14.1 Å². The maximum atomic E-state index is 14.0. The van der Waals surface area contributed by atoms with Crippen molar-refractivity contribution >= 4 is 23.2 Å². The molecular weight excluding hydrogens is 504 g/mol. The van der Waals surface area contributed by atoms with Gasteiger partial charge in [-0.05, 0) is 57.5 Å². The van der Waals surface area contributed by atoms with Crippen LogP contribution in [0.1, 0.15) is 47.7 Å². The van der Waals surface area contributed by atoms with Gasteiger partial charge in [0, 0.05) is 43.4 Å². The Morgan fingerprint density at radius 2 is 1.85 bits per heavy atom. The number of nitrogens with two attached hydrogens (primary N) is 1. The smallest absolute Gasteiger partial charge is 0.255 e. The normalized spacial score (nSPS) is 26.5. The number of anilines is 1. The van der Waals surface area contributed by atoms with Crippen LogP contribution in [0.5, 0.6) is 5.75 Å². The summed E-state index contributed by atoms with van der Waals surface area (Å²) >= 11 is 0. The number of fused-ring (bicyclic) bond motifs is 3. The summed E-state index contributed by atoms with van der Waals surface area (Å²) in [5.74, 6) is -6.50. The van der Waals surface area contributed by atoms with Crippen molar-refractivity contribution in [1.29, 1.82) is 0 Å². The third-order valence-corrected chi connectivity index (χ3v) is 8.28. The fraction of sp³-hybridized carbons (Fsp3) is 0.536. The number of allylic oxidation sites excluding steroid dienone is 1. The van der Waals surface area contributed by atoms with Crippen molar-refractivity contribution in [2.75, 3.05) is 39.6 Å². The molecule has 3 aliphatic rings. The maximum absolute atomic E-state index is 14.0. The van der Waals surface area contributed by atoms with Crippen LogP contribution in [0, 0.1) is 11.8 Å². The number of unbranched alkanes of at least 4 members (excludes halogenated alkanes) is 1. The molecular formula is C28H38N4O7. The van der Waals surface area contributed by atoms with Crippen LogP contribution in [0.3, 0.4) is 0 Å². The Morgan fingerprint density at radius 1 is 1.18 bits per heavy atom. The molecule has 0 unspecified atom stereocenters. The molecule has 39 heavy (non-hydrogen) atoms. The van der Waals surface area contributed by atoms with Gasteiger partial charge in [0.1, 0.15) is 22.8 Å². The number of carbonyl (C=O) groups excluding carboxylic acids is 3. The Balaban J connectivity index is 1.90. The lowest BCUT2D eigenvalue weighted by molar-refractivity contribution is -0.148. The zero-order valence-electron chi connectivity index (χ0n) is 23.0. The van der Waals surface area contributed by atoms with Crippen LogP contribution < -0.4 is 16.0 Å². The molecule has 0 aliphatic heterocycles. The van der Waals surface area contributed by atoms with E-state index in [2.05, 4.69) is 12.2 Å². The monoisotopic (exact) mass is 542 g/mol.